The number of aromatic nitrogens is 2. The summed E-state index contributed by atoms with van der Waals surface area (Å²) in [6.45, 7) is 4.83. The lowest BCUT2D eigenvalue weighted by atomic mass is 9.97. The molecule has 0 radical (unpaired) electrons. The maximum Gasteiger partial charge on any atom is 0.303 e. The third-order valence-electron chi connectivity index (χ3n) is 4.31. The van der Waals surface area contributed by atoms with Gasteiger partial charge in [-0.1, -0.05) is 13.8 Å². The van der Waals surface area contributed by atoms with Crippen LogP contribution < -0.4 is 0 Å². The third kappa shape index (κ3) is 3.67. The summed E-state index contributed by atoms with van der Waals surface area (Å²) in [5.41, 5.74) is 1.50. The number of rotatable bonds is 5. The Hall–Kier alpha value is -1.85. The molecule has 1 aliphatic heterocycles. The topological polar surface area (TPSA) is 75.4 Å². The van der Waals surface area contributed by atoms with Crippen LogP contribution in [0.25, 0.3) is 0 Å². The standard InChI is InChI=1S/C16H25N3O3/c1-11(2)14-10-13(17-18(14)3)16(22)19-9-5-4-6-12(19)7-8-15(20)21/h10-12H,4-9H2,1-3H3,(H,20,21). The van der Waals surface area contributed by atoms with Crippen molar-refractivity contribution in [2.75, 3.05) is 6.54 Å². The predicted molar refractivity (Wildman–Crippen MR) is 82.8 cm³/mol. The van der Waals surface area contributed by atoms with Crippen LogP contribution in [0.3, 0.4) is 0 Å². The van der Waals surface area contributed by atoms with Crippen molar-refractivity contribution in [3.8, 4) is 0 Å². The predicted octanol–water partition coefficient (Wildman–Crippen LogP) is 2.40. The molecule has 6 heteroatoms. The van der Waals surface area contributed by atoms with Gasteiger partial charge in [0.05, 0.1) is 0 Å². The zero-order valence-electron chi connectivity index (χ0n) is 13.6. The molecule has 2 rings (SSSR count). The van der Waals surface area contributed by atoms with Crippen LogP contribution in [0, 0.1) is 0 Å². The van der Waals surface area contributed by atoms with Crippen LogP contribution in [0.2, 0.25) is 0 Å². The van der Waals surface area contributed by atoms with E-state index in [2.05, 4.69) is 18.9 Å². The molecule has 1 aliphatic rings. The Balaban J connectivity index is 2.14. The first-order valence-electron chi connectivity index (χ1n) is 7.97. The molecule has 0 saturated carbocycles. The largest absolute Gasteiger partial charge is 0.481 e. The summed E-state index contributed by atoms with van der Waals surface area (Å²) in [6.07, 6.45) is 3.52. The second-order valence-corrected chi connectivity index (χ2v) is 6.31. The Labute approximate surface area is 131 Å². The van der Waals surface area contributed by atoms with E-state index in [1.165, 1.54) is 0 Å². The minimum Gasteiger partial charge on any atom is -0.481 e. The second kappa shape index (κ2) is 6.94. The van der Waals surface area contributed by atoms with Crippen LogP contribution in [0.1, 0.15) is 68.1 Å². The first-order valence-corrected chi connectivity index (χ1v) is 7.97. The SMILES string of the molecule is CC(C)c1cc(C(=O)N2CCCCC2CCC(=O)O)nn1C. The van der Waals surface area contributed by atoms with E-state index in [1.54, 1.807) is 4.68 Å². The lowest BCUT2D eigenvalue weighted by Gasteiger charge is -2.35. The number of carboxylic acids is 1. The number of likely N-dealkylation sites (tertiary alicyclic amines) is 1. The average molecular weight is 307 g/mol. The second-order valence-electron chi connectivity index (χ2n) is 6.31. The van der Waals surface area contributed by atoms with Crippen LogP contribution in [0.15, 0.2) is 6.07 Å². The van der Waals surface area contributed by atoms with Gasteiger partial charge in [0.15, 0.2) is 5.69 Å². The van der Waals surface area contributed by atoms with Crippen LogP contribution in [0.5, 0.6) is 0 Å². The van der Waals surface area contributed by atoms with Gasteiger partial charge in [0.2, 0.25) is 0 Å². The number of piperidine rings is 1. The molecule has 122 valence electrons. The zero-order chi connectivity index (χ0) is 16.3. The molecule has 0 spiro atoms. The fraction of sp³-hybridized carbons (Fsp3) is 0.688. The normalized spacial score (nSPS) is 18.7. The molecule has 22 heavy (non-hydrogen) atoms. The molecule has 1 saturated heterocycles. The number of aryl methyl sites for hydroxylation is 1. The fourth-order valence-electron chi connectivity index (χ4n) is 3.13. The van der Waals surface area contributed by atoms with Crippen LogP contribution in [-0.2, 0) is 11.8 Å². The summed E-state index contributed by atoms with van der Waals surface area (Å²) < 4.78 is 1.76. The van der Waals surface area contributed by atoms with E-state index in [1.807, 2.05) is 18.0 Å². The molecule has 1 amide bonds. The van der Waals surface area contributed by atoms with Gasteiger partial charge < -0.3 is 10.0 Å². The third-order valence-corrected chi connectivity index (χ3v) is 4.31. The summed E-state index contributed by atoms with van der Waals surface area (Å²) in [7, 11) is 1.85. The molecular formula is C16H25N3O3. The minimum atomic E-state index is -0.807. The number of nitrogens with zero attached hydrogens (tertiary/aromatic N) is 3. The van der Waals surface area contributed by atoms with Gasteiger partial charge in [-0.15, -0.1) is 0 Å². The molecule has 1 fully saturated rings. The molecule has 1 unspecified atom stereocenters. The number of hydrogen-bond donors (Lipinski definition) is 1. The summed E-state index contributed by atoms with van der Waals surface area (Å²) >= 11 is 0. The van der Waals surface area contributed by atoms with E-state index in [9.17, 15) is 9.59 Å². The molecule has 1 atom stereocenters. The first kappa shape index (κ1) is 16.5. The Bertz CT molecular complexity index is 551. The summed E-state index contributed by atoms with van der Waals surface area (Å²) in [5.74, 6) is -0.571. The molecule has 0 aliphatic carbocycles. The van der Waals surface area contributed by atoms with Gasteiger partial charge in [-0.25, -0.2) is 0 Å². The van der Waals surface area contributed by atoms with Crippen molar-refractivity contribution in [1.29, 1.82) is 0 Å². The van der Waals surface area contributed by atoms with Crippen LogP contribution in [-0.4, -0.2) is 44.3 Å². The summed E-state index contributed by atoms with van der Waals surface area (Å²) in [6, 6.07) is 1.87. The van der Waals surface area contributed by atoms with Gasteiger partial charge >= 0.3 is 5.97 Å². The Morgan fingerprint density at radius 1 is 1.41 bits per heavy atom. The van der Waals surface area contributed by atoms with Gasteiger partial charge in [0, 0.05) is 31.7 Å². The molecule has 0 aromatic carbocycles. The van der Waals surface area contributed by atoms with E-state index in [-0.39, 0.29) is 18.4 Å². The highest BCUT2D eigenvalue weighted by Gasteiger charge is 2.29. The summed E-state index contributed by atoms with van der Waals surface area (Å²) in [4.78, 5) is 25.4. The van der Waals surface area contributed by atoms with Crippen LogP contribution in [0.4, 0.5) is 0 Å². The minimum absolute atomic E-state index is 0.0156. The van der Waals surface area contributed by atoms with E-state index >= 15 is 0 Å². The maximum absolute atomic E-state index is 12.7. The number of amides is 1. The molecule has 1 N–H and O–H groups in total. The molecule has 6 nitrogen and oxygen atoms in total. The first-order chi connectivity index (χ1) is 10.4. The lowest BCUT2D eigenvalue weighted by molar-refractivity contribution is -0.137. The Kier molecular flexibility index (Phi) is 5.21. The highest BCUT2D eigenvalue weighted by Crippen LogP contribution is 2.24. The van der Waals surface area contributed by atoms with E-state index in [4.69, 9.17) is 5.11 Å². The molecule has 0 bridgehead atoms. The number of aliphatic carboxylic acids is 1. The van der Waals surface area contributed by atoms with E-state index in [0.717, 1.165) is 25.0 Å². The maximum atomic E-state index is 12.7. The number of carbonyl (C=O) groups is 2. The average Bonchev–Trinajstić information content (AvgIpc) is 2.87. The van der Waals surface area contributed by atoms with Crippen molar-refractivity contribution in [2.45, 2.75) is 57.9 Å². The van der Waals surface area contributed by atoms with E-state index in [0.29, 0.717) is 24.6 Å². The van der Waals surface area contributed by atoms with Gasteiger partial charge in [-0.2, -0.15) is 5.10 Å². The van der Waals surface area contributed by atoms with Gasteiger partial charge in [0.25, 0.3) is 5.91 Å². The highest BCUT2D eigenvalue weighted by molar-refractivity contribution is 5.92. The lowest BCUT2D eigenvalue weighted by Crippen LogP contribution is -2.44. The highest BCUT2D eigenvalue weighted by atomic mass is 16.4. The number of hydrogen-bond acceptors (Lipinski definition) is 3. The van der Waals surface area contributed by atoms with Crippen LogP contribution >= 0.6 is 0 Å². The number of carboxylic acid groups (broad SMARTS) is 1. The van der Waals surface area contributed by atoms with Gasteiger partial charge in [-0.3, -0.25) is 14.3 Å². The van der Waals surface area contributed by atoms with Gasteiger partial charge in [0.1, 0.15) is 0 Å². The molecule has 1 aromatic heterocycles. The fourth-order valence-corrected chi connectivity index (χ4v) is 3.13. The zero-order valence-corrected chi connectivity index (χ0v) is 13.6. The van der Waals surface area contributed by atoms with Crippen molar-refractivity contribution < 1.29 is 14.7 Å². The molecule has 1 aromatic rings. The number of carbonyl (C=O) groups excluding carboxylic acids is 1. The van der Waals surface area contributed by atoms with Crippen molar-refractivity contribution in [2.24, 2.45) is 7.05 Å². The monoisotopic (exact) mass is 307 g/mol. The Morgan fingerprint density at radius 2 is 2.14 bits per heavy atom. The van der Waals surface area contributed by atoms with Crippen molar-refractivity contribution in [1.82, 2.24) is 14.7 Å². The van der Waals surface area contributed by atoms with E-state index < -0.39 is 5.97 Å². The quantitative estimate of drug-likeness (QED) is 0.906. The van der Waals surface area contributed by atoms with Crippen molar-refractivity contribution in [3.05, 3.63) is 17.5 Å². The molecule has 2 heterocycles. The Morgan fingerprint density at radius 3 is 2.73 bits per heavy atom. The van der Waals surface area contributed by atoms with Crippen molar-refractivity contribution in [3.63, 3.8) is 0 Å². The van der Waals surface area contributed by atoms with Gasteiger partial charge in [-0.05, 0) is 37.7 Å². The summed E-state index contributed by atoms with van der Waals surface area (Å²) in [5, 5.41) is 13.2. The molecular weight excluding hydrogens is 282 g/mol. The smallest absolute Gasteiger partial charge is 0.303 e. The van der Waals surface area contributed by atoms with Crippen molar-refractivity contribution >= 4 is 11.9 Å².